The Hall–Kier alpha value is -1.68. The number of nitrogens with one attached hydrogen (secondary N) is 1. The number of hydrogen-bond donors (Lipinski definition) is 1. The molecule has 3 nitrogen and oxygen atoms in total. The van der Waals surface area contributed by atoms with Gasteiger partial charge in [-0.05, 0) is 37.8 Å². The maximum atomic E-state index is 12.2. The molecule has 0 fully saturated rings. The lowest BCUT2D eigenvalue weighted by molar-refractivity contribution is -0.120. The molecular formula is C15H16N2OS. The zero-order valence-corrected chi connectivity index (χ0v) is 11.7. The van der Waals surface area contributed by atoms with Gasteiger partial charge in [-0.25, -0.2) is 4.98 Å². The van der Waals surface area contributed by atoms with E-state index in [-0.39, 0.29) is 11.8 Å². The van der Waals surface area contributed by atoms with E-state index in [1.807, 2.05) is 25.1 Å². The summed E-state index contributed by atoms with van der Waals surface area (Å²) in [5.41, 5.74) is 2.14. The topological polar surface area (TPSA) is 42.0 Å². The Labute approximate surface area is 116 Å². The van der Waals surface area contributed by atoms with Gasteiger partial charge < -0.3 is 5.32 Å². The Bertz CT molecular complexity index is 645. The van der Waals surface area contributed by atoms with Crippen LogP contribution in [-0.2, 0) is 4.79 Å². The van der Waals surface area contributed by atoms with Gasteiger partial charge in [0.05, 0.1) is 10.2 Å². The summed E-state index contributed by atoms with van der Waals surface area (Å²) in [6.07, 6.45) is 7.01. The van der Waals surface area contributed by atoms with Crippen LogP contribution >= 0.6 is 11.3 Å². The van der Waals surface area contributed by atoms with Crippen LogP contribution in [-0.4, -0.2) is 10.9 Å². The van der Waals surface area contributed by atoms with Gasteiger partial charge in [-0.1, -0.05) is 35.6 Å². The summed E-state index contributed by atoms with van der Waals surface area (Å²) in [4.78, 5) is 16.7. The van der Waals surface area contributed by atoms with Gasteiger partial charge in [-0.3, -0.25) is 4.79 Å². The Morgan fingerprint density at radius 1 is 1.42 bits per heavy atom. The Morgan fingerprint density at radius 3 is 3.05 bits per heavy atom. The molecule has 1 heterocycles. The molecule has 0 saturated carbocycles. The molecule has 0 radical (unpaired) electrons. The van der Waals surface area contributed by atoms with Crippen molar-refractivity contribution in [2.75, 3.05) is 5.32 Å². The fourth-order valence-corrected chi connectivity index (χ4v) is 3.33. The first-order chi connectivity index (χ1) is 9.24. The van der Waals surface area contributed by atoms with Crippen molar-refractivity contribution in [2.24, 2.45) is 5.92 Å². The molecule has 1 aliphatic carbocycles. The number of benzene rings is 1. The van der Waals surface area contributed by atoms with Crippen molar-refractivity contribution < 1.29 is 4.79 Å². The van der Waals surface area contributed by atoms with Gasteiger partial charge in [-0.15, -0.1) is 0 Å². The number of nitrogens with zero attached hydrogens (tertiary/aromatic N) is 1. The molecule has 98 valence electrons. The summed E-state index contributed by atoms with van der Waals surface area (Å²) < 4.78 is 1.12. The van der Waals surface area contributed by atoms with Gasteiger partial charge >= 0.3 is 0 Å². The number of amides is 1. The second kappa shape index (κ2) is 5.13. The monoisotopic (exact) mass is 272 g/mol. The second-order valence-electron chi connectivity index (χ2n) is 4.91. The lowest BCUT2D eigenvalue weighted by atomic mass is 9.94. The number of carbonyl (C=O) groups is 1. The summed E-state index contributed by atoms with van der Waals surface area (Å²) in [6.45, 7) is 2.04. The molecule has 19 heavy (non-hydrogen) atoms. The molecule has 4 heteroatoms. The minimum absolute atomic E-state index is 0.0955. The number of hydrogen-bond acceptors (Lipinski definition) is 3. The first-order valence-corrected chi connectivity index (χ1v) is 7.38. The minimum Gasteiger partial charge on any atom is -0.302 e. The largest absolute Gasteiger partial charge is 0.302 e. The predicted octanol–water partition coefficient (Wildman–Crippen LogP) is 3.90. The van der Waals surface area contributed by atoms with E-state index in [4.69, 9.17) is 0 Å². The van der Waals surface area contributed by atoms with Crippen LogP contribution in [0, 0.1) is 12.8 Å². The van der Waals surface area contributed by atoms with Crippen LogP contribution in [0.25, 0.3) is 10.2 Å². The number of allylic oxidation sites excluding steroid dienone is 2. The number of anilines is 1. The van der Waals surface area contributed by atoms with E-state index in [0.29, 0.717) is 5.13 Å². The van der Waals surface area contributed by atoms with Gasteiger partial charge in [0.25, 0.3) is 0 Å². The molecule has 1 aliphatic rings. The van der Waals surface area contributed by atoms with Crippen molar-refractivity contribution in [3.05, 3.63) is 35.9 Å². The first-order valence-electron chi connectivity index (χ1n) is 6.56. The van der Waals surface area contributed by atoms with Crippen molar-refractivity contribution in [3.63, 3.8) is 0 Å². The highest BCUT2D eigenvalue weighted by Crippen LogP contribution is 2.29. The van der Waals surface area contributed by atoms with Gasteiger partial charge in [0.15, 0.2) is 5.13 Å². The van der Waals surface area contributed by atoms with Crippen LogP contribution in [0.4, 0.5) is 5.13 Å². The van der Waals surface area contributed by atoms with E-state index in [2.05, 4.69) is 22.5 Å². The zero-order chi connectivity index (χ0) is 13.2. The molecule has 3 rings (SSSR count). The van der Waals surface area contributed by atoms with Crippen molar-refractivity contribution in [1.29, 1.82) is 0 Å². The van der Waals surface area contributed by atoms with Crippen LogP contribution in [0.2, 0.25) is 0 Å². The summed E-state index contributed by atoms with van der Waals surface area (Å²) in [5.74, 6) is 0.194. The highest BCUT2D eigenvalue weighted by atomic mass is 32.1. The minimum atomic E-state index is 0.0955. The summed E-state index contributed by atoms with van der Waals surface area (Å²) >= 11 is 1.54. The van der Waals surface area contributed by atoms with Crippen LogP contribution in [0.1, 0.15) is 24.8 Å². The number of carbonyl (C=O) groups excluding carboxylic acids is 1. The smallest absolute Gasteiger partial charge is 0.229 e. The van der Waals surface area contributed by atoms with E-state index in [1.165, 1.54) is 0 Å². The molecule has 0 aliphatic heterocycles. The van der Waals surface area contributed by atoms with Crippen molar-refractivity contribution in [1.82, 2.24) is 4.98 Å². The number of aryl methyl sites for hydroxylation is 1. The van der Waals surface area contributed by atoms with Crippen LogP contribution in [0.15, 0.2) is 30.4 Å². The fraction of sp³-hybridized carbons (Fsp3) is 0.333. The van der Waals surface area contributed by atoms with Crippen LogP contribution < -0.4 is 5.32 Å². The van der Waals surface area contributed by atoms with E-state index >= 15 is 0 Å². The number of para-hydroxylation sites is 1. The standard InChI is InChI=1S/C15H16N2OS/c1-10-6-5-9-12-13(10)16-15(19-12)17-14(18)11-7-3-2-4-8-11/h2-3,5-6,9,11H,4,7-8H2,1H3,(H,16,17,18)/t11-/m0/s1. The summed E-state index contributed by atoms with van der Waals surface area (Å²) in [7, 11) is 0. The van der Waals surface area contributed by atoms with Gasteiger partial charge in [0.2, 0.25) is 5.91 Å². The molecule has 1 N–H and O–H groups in total. The Balaban J connectivity index is 1.79. The van der Waals surface area contributed by atoms with E-state index in [0.717, 1.165) is 35.0 Å². The molecule has 1 aromatic heterocycles. The number of rotatable bonds is 2. The zero-order valence-electron chi connectivity index (χ0n) is 10.8. The lowest BCUT2D eigenvalue weighted by Crippen LogP contribution is -2.23. The van der Waals surface area contributed by atoms with Crippen LogP contribution in [0.3, 0.4) is 0 Å². The normalized spacial score (nSPS) is 18.7. The summed E-state index contributed by atoms with van der Waals surface area (Å²) in [5, 5.41) is 3.67. The Kier molecular flexibility index (Phi) is 3.34. The fourth-order valence-electron chi connectivity index (χ4n) is 2.38. The molecule has 0 saturated heterocycles. The second-order valence-corrected chi connectivity index (χ2v) is 5.94. The van der Waals surface area contributed by atoms with Crippen molar-refractivity contribution >= 4 is 32.6 Å². The van der Waals surface area contributed by atoms with E-state index < -0.39 is 0 Å². The number of thiazole rings is 1. The van der Waals surface area contributed by atoms with E-state index in [1.54, 1.807) is 11.3 Å². The average Bonchev–Trinajstić information content (AvgIpc) is 2.84. The van der Waals surface area contributed by atoms with Crippen LogP contribution in [0.5, 0.6) is 0 Å². The Morgan fingerprint density at radius 2 is 2.32 bits per heavy atom. The third-order valence-corrected chi connectivity index (χ3v) is 4.43. The number of fused-ring (bicyclic) bond motifs is 1. The van der Waals surface area contributed by atoms with Gasteiger partial charge in [0, 0.05) is 5.92 Å². The highest BCUT2D eigenvalue weighted by Gasteiger charge is 2.19. The lowest BCUT2D eigenvalue weighted by Gasteiger charge is -2.15. The maximum Gasteiger partial charge on any atom is 0.229 e. The maximum absolute atomic E-state index is 12.2. The van der Waals surface area contributed by atoms with Gasteiger partial charge in [0.1, 0.15) is 0 Å². The number of aromatic nitrogens is 1. The van der Waals surface area contributed by atoms with Crippen molar-refractivity contribution in [2.45, 2.75) is 26.2 Å². The molecular weight excluding hydrogens is 256 g/mol. The third kappa shape index (κ3) is 2.54. The first kappa shape index (κ1) is 12.4. The molecule has 1 amide bonds. The SMILES string of the molecule is Cc1cccc2sc(NC(=O)[C@H]3CC=CCC3)nc12. The summed E-state index contributed by atoms with van der Waals surface area (Å²) in [6, 6.07) is 6.10. The predicted molar refractivity (Wildman–Crippen MR) is 79.5 cm³/mol. The molecule has 0 spiro atoms. The van der Waals surface area contributed by atoms with Gasteiger partial charge in [-0.2, -0.15) is 0 Å². The quantitative estimate of drug-likeness (QED) is 0.842. The van der Waals surface area contributed by atoms with E-state index in [9.17, 15) is 4.79 Å². The molecule has 1 atom stereocenters. The highest BCUT2D eigenvalue weighted by molar-refractivity contribution is 7.22. The molecule has 0 unspecified atom stereocenters. The van der Waals surface area contributed by atoms with Crippen molar-refractivity contribution in [3.8, 4) is 0 Å². The molecule has 1 aromatic carbocycles. The third-order valence-electron chi connectivity index (χ3n) is 3.49. The molecule has 2 aromatic rings. The average molecular weight is 272 g/mol. The molecule has 0 bridgehead atoms.